The quantitative estimate of drug-likeness (QED) is 0.693. The monoisotopic (exact) mass is 406 g/mol. The van der Waals surface area contributed by atoms with E-state index in [1.807, 2.05) is 49.1 Å². The van der Waals surface area contributed by atoms with Gasteiger partial charge in [-0.2, -0.15) is 0 Å². The molecule has 2 heterocycles. The van der Waals surface area contributed by atoms with E-state index in [0.29, 0.717) is 18.9 Å². The lowest BCUT2D eigenvalue weighted by molar-refractivity contribution is -0.126. The fourth-order valence-electron chi connectivity index (χ4n) is 3.89. The first-order valence-electron chi connectivity index (χ1n) is 10.1. The summed E-state index contributed by atoms with van der Waals surface area (Å²) < 4.78 is 1.03. The van der Waals surface area contributed by atoms with Gasteiger partial charge in [-0.3, -0.25) is 19.1 Å². The Morgan fingerprint density at radius 2 is 1.83 bits per heavy atom. The number of amides is 1. The first-order chi connectivity index (χ1) is 14.3. The van der Waals surface area contributed by atoms with Gasteiger partial charge in [0.15, 0.2) is 0 Å². The zero-order valence-corrected chi connectivity index (χ0v) is 17.4. The van der Waals surface area contributed by atoms with Gasteiger partial charge in [-0.25, -0.2) is 4.79 Å². The molecule has 0 saturated carbocycles. The Labute approximate surface area is 174 Å². The molecule has 1 aliphatic rings. The first kappa shape index (κ1) is 19.9. The topological polar surface area (TPSA) is 87.2 Å². The molecule has 1 atom stereocenters. The lowest BCUT2D eigenvalue weighted by atomic mass is 9.82. The lowest BCUT2D eigenvalue weighted by Crippen LogP contribution is -2.46. The van der Waals surface area contributed by atoms with Crippen molar-refractivity contribution in [3.63, 3.8) is 0 Å². The van der Waals surface area contributed by atoms with Crippen molar-refractivity contribution in [2.45, 2.75) is 31.7 Å². The molecule has 156 valence electrons. The molecule has 1 saturated heterocycles. The minimum atomic E-state index is -0.686. The molecule has 0 spiro atoms. The number of nitrogens with one attached hydrogen (secondary N) is 2. The lowest BCUT2D eigenvalue weighted by Gasteiger charge is -2.27. The summed E-state index contributed by atoms with van der Waals surface area (Å²) in [6.07, 6.45) is 0.747. The third kappa shape index (κ3) is 3.63. The second-order valence-electron chi connectivity index (χ2n) is 8.45. The third-order valence-electron chi connectivity index (χ3n) is 6.03. The summed E-state index contributed by atoms with van der Waals surface area (Å²) in [5.41, 5.74) is -0.514. The molecule has 2 aromatic carbocycles. The summed E-state index contributed by atoms with van der Waals surface area (Å²) >= 11 is 0. The van der Waals surface area contributed by atoms with Gasteiger partial charge in [0.1, 0.15) is 5.82 Å². The highest BCUT2D eigenvalue weighted by atomic mass is 16.2. The highest BCUT2D eigenvalue weighted by Gasteiger charge is 2.33. The fraction of sp³-hybridized carbons (Fsp3) is 0.348. The molecule has 7 heteroatoms. The van der Waals surface area contributed by atoms with Crippen molar-refractivity contribution in [3.8, 4) is 0 Å². The molecule has 7 nitrogen and oxygen atoms in total. The number of anilines is 1. The Hall–Kier alpha value is -3.35. The number of fused-ring (bicyclic) bond motifs is 1. The highest BCUT2D eigenvalue weighted by molar-refractivity contribution is 5.90. The number of nitrogens with zero attached hydrogens (tertiary/aromatic N) is 2. The zero-order chi connectivity index (χ0) is 21.5. The Morgan fingerprint density at radius 1 is 1.10 bits per heavy atom. The van der Waals surface area contributed by atoms with Crippen molar-refractivity contribution in [1.82, 2.24) is 14.9 Å². The van der Waals surface area contributed by atoms with E-state index in [1.54, 1.807) is 0 Å². The number of benzene rings is 2. The fourth-order valence-corrected chi connectivity index (χ4v) is 3.89. The zero-order valence-electron chi connectivity index (χ0n) is 17.4. The van der Waals surface area contributed by atoms with Crippen LogP contribution in [0.2, 0.25) is 0 Å². The molecular weight excluding hydrogens is 380 g/mol. The predicted octanol–water partition coefficient (Wildman–Crippen LogP) is 1.90. The van der Waals surface area contributed by atoms with Crippen LogP contribution in [0.25, 0.3) is 10.8 Å². The summed E-state index contributed by atoms with van der Waals surface area (Å²) in [4.78, 5) is 41.5. The number of carbonyl (C=O) groups excluding carboxylic acids is 1. The second kappa shape index (κ2) is 7.48. The van der Waals surface area contributed by atoms with Gasteiger partial charge in [0.25, 0.3) is 5.56 Å². The van der Waals surface area contributed by atoms with E-state index in [9.17, 15) is 14.4 Å². The largest absolute Gasteiger partial charge is 0.356 e. The molecule has 30 heavy (non-hydrogen) atoms. The average molecular weight is 406 g/mol. The van der Waals surface area contributed by atoms with E-state index in [2.05, 4.69) is 22.4 Å². The van der Waals surface area contributed by atoms with Crippen LogP contribution >= 0.6 is 0 Å². The van der Waals surface area contributed by atoms with E-state index >= 15 is 0 Å². The molecule has 3 aromatic rings. The van der Waals surface area contributed by atoms with Gasteiger partial charge >= 0.3 is 5.69 Å². The van der Waals surface area contributed by atoms with Gasteiger partial charge in [0, 0.05) is 32.2 Å². The van der Waals surface area contributed by atoms with Crippen LogP contribution in [0, 0.1) is 0 Å². The minimum Gasteiger partial charge on any atom is -0.356 e. The number of aromatic amines is 1. The van der Waals surface area contributed by atoms with Crippen LogP contribution in [0.1, 0.15) is 25.8 Å². The standard InChI is InChI=1S/C23H26N4O3/c1-23(2,17-9-8-15-6-4-5-7-16(15)12-17)21(29)24-18-10-11-27(14-18)19-13-20(28)26(3)22(30)25-19/h4-9,12-13,18H,10-11,14H2,1-3H3,(H,24,29)(H,25,30). The summed E-state index contributed by atoms with van der Waals surface area (Å²) in [6.45, 7) is 5.06. The number of aromatic nitrogens is 2. The predicted molar refractivity (Wildman–Crippen MR) is 118 cm³/mol. The molecule has 1 amide bonds. The number of H-pyrrole nitrogens is 1. The average Bonchev–Trinajstić information content (AvgIpc) is 3.19. The van der Waals surface area contributed by atoms with E-state index in [1.165, 1.54) is 13.1 Å². The third-order valence-corrected chi connectivity index (χ3v) is 6.03. The highest BCUT2D eigenvalue weighted by Crippen LogP contribution is 2.28. The maximum Gasteiger partial charge on any atom is 0.329 e. The van der Waals surface area contributed by atoms with Crippen LogP contribution in [-0.4, -0.2) is 34.6 Å². The molecule has 1 aromatic heterocycles. The number of carbonyl (C=O) groups is 1. The van der Waals surface area contributed by atoms with E-state index in [4.69, 9.17) is 0 Å². The molecule has 4 rings (SSSR count). The molecule has 0 radical (unpaired) electrons. The molecule has 1 aliphatic heterocycles. The van der Waals surface area contributed by atoms with Crippen LogP contribution < -0.4 is 21.5 Å². The van der Waals surface area contributed by atoms with Crippen molar-refractivity contribution in [2.24, 2.45) is 7.05 Å². The maximum absolute atomic E-state index is 13.1. The number of hydrogen-bond acceptors (Lipinski definition) is 4. The van der Waals surface area contributed by atoms with Crippen molar-refractivity contribution < 1.29 is 4.79 Å². The van der Waals surface area contributed by atoms with Gasteiger partial charge in [0.2, 0.25) is 5.91 Å². The maximum atomic E-state index is 13.1. The van der Waals surface area contributed by atoms with Crippen LogP contribution in [0.3, 0.4) is 0 Å². The van der Waals surface area contributed by atoms with E-state index < -0.39 is 11.1 Å². The molecule has 2 N–H and O–H groups in total. The number of hydrogen-bond donors (Lipinski definition) is 2. The molecule has 0 bridgehead atoms. The Morgan fingerprint density at radius 3 is 2.57 bits per heavy atom. The Kier molecular flexibility index (Phi) is 4.97. The summed E-state index contributed by atoms with van der Waals surface area (Å²) in [5.74, 6) is 0.454. The van der Waals surface area contributed by atoms with Gasteiger partial charge in [-0.1, -0.05) is 42.5 Å². The van der Waals surface area contributed by atoms with Gasteiger partial charge < -0.3 is 10.2 Å². The smallest absolute Gasteiger partial charge is 0.329 e. The first-order valence-corrected chi connectivity index (χ1v) is 10.1. The van der Waals surface area contributed by atoms with Crippen molar-refractivity contribution in [3.05, 3.63) is 74.9 Å². The van der Waals surface area contributed by atoms with Gasteiger partial charge in [0.05, 0.1) is 5.41 Å². The van der Waals surface area contributed by atoms with E-state index in [0.717, 1.165) is 27.3 Å². The van der Waals surface area contributed by atoms with Crippen molar-refractivity contribution >= 4 is 22.5 Å². The van der Waals surface area contributed by atoms with Gasteiger partial charge in [-0.15, -0.1) is 0 Å². The van der Waals surface area contributed by atoms with Crippen molar-refractivity contribution in [2.75, 3.05) is 18.0 Å². The summed E-state index contributed by atoms with van der Waals surface area (Å²) in [5, 5.41) is 5.40. The van der Waals surface area contributed by atoms with Crippen LogP contribution in [-0.2, 0) is 17.3 Å². The van der Waals surface area contributed by atoms with Crippen LogP contribution in [0.4, 0.5) is 5.82 Å². The van der Waals surface area contributed by atoms with E-state index in [-0.39, 0.29) is 17.5 Å². The molecule has 1 unspecified atom stereocenters. The Balaban J connectivity index is 1.48. The van der Waals surface area contributed by atoms with Crippen molar-refractivity contribution in [1.29, 1.82) is 0 Å². The Bertz CT molecular complexity index is 1190. The second-order valence-corrected chi connectivity index (χ2v) is 8.45. The molecular formula is C23H26N4O3. The van der Waals surface area contributed by atoms with Crippen LogP contribution in [0.15, 0.2) is 58.1 Å². The molecule has 0 aliphatic carbocycles. The molecule has 1 fully saturated rings. The summed E-state index contributed by atoms with van der Waals surface area (Å²) in [6, 6.07) is 15.6. The number of rotatable bonds is 4. The normalized spacial score (nSPS) is 16.8. The SMILES string of the molecule is Cn1c(=O)cc(N2CCC(NC(=O)C(C)(C)c3ccc4ccccc4c3)C2)[nH]c1=O. The summed E-state index contributed by atoms with van der Waals surface area (Å²) in [7, 11) is 1.44. The minimum absolute atomic E-state index is 0.0397. The van der Waals surface area contributed by atoms with Crippen LogP contribution in [0.5, 0.6) is 0 Å². The van der Waals surface area contributed by atoms with Gasteiger partial charge in [-0.05, 0) is 36.6 Å².